The van der Waals surface area contributed by atoms with Crippen LogP contribution in [0.15, 0.2) is 4.99 Å². The number of hydrogen-bond acceptors (Lipinski definition) is 2. The van der Waals surface area contributed by atoms with Gasteiger partial charge in [0.2, 0.25) is 0 Å². The number of methoxy groups -OCH3 is 1. The monoisotopic (exact) mass is 397 g/mol. The second kappa shape index (κ2) is 10.7. The van der Waals surface area contributed by atoms with E-state index < -0.39 is 0 Å². The summed E-state index contributed by atoms with van der Waals surface area (Å²) < 4.78 is 5.06. The van der Waals surface area contributed by atoms with E-state index in [4.69, 9.17) is 9.73 Å². The summed E-state index contributed by atoms with van der Waals surface area (Å²) in [5.41, 5.74) is 0.425. The Bertz CT molecular complexity index is 282. The molecule has 120 valence electrons. The van der Waals surface area contributed by atoms with Crippen molar-refractivity contribution in [1.82, 2.24) is 10.2 Å². The van der Waals surface area contributed by atoms with E-state index in [1.165, 1.54) is 12.8 Å². The number of rotatable bonds is 7. The van der Waals surface area contributed by atoms with Gasteiger partial charge in [-0.25, -0.2) is 0 Å². The summed E-state index contributed by atoms with van der Waals surface area (Å²) in [6.07, 6.45) is 4.74. The molecule has 0 aromatic rings. The molecular weight excluding hydrogens is 365 g/mol. The second-order valence-electron chi connectivity index (χ2n) is 6.12. The molecule has 1 N–H and O–H groups in total. The fourth-order valence-corrected chi connectivity index (χ4v) is 2.44. The summed E-state index contributed by atoms with van der Waals surface area (Å²) in [6, 6.07) is 0. The molecule has 0 aromatic heterocycles. The highest BCUT2D eigenvalue weighted by Gasteiger charge is 2.30. The van der Waals surface area contributed by atoms with E-state index in [0.717, 1.165) is 51.6 Å². The van der Waals surface area contributed by atoms with E-state index in [9.17, 15) is 0 Å². The number of likely N-dealkylation sites (tertiary alicyclic amines) is 1. The lowest BCUT2D eigenvalue weighted by atomic mass is 9.93. The minimum atomic E-state index is 0. The molecule has 1 saturated heterocycles. The topological polar surface area (TPSA) is 36.9 Å². The summed E-state index contributed by atoms with van der Waals surface area (Å²) in [4.78, 5) is 7.15. The van der Waals surface area contributed by atoms with Gasteiger partial charge in [-0.2, -0.15) is 0 Å². The predicted molar refractivity (Wildman–Crippen MR) is 97.1 cm³/mol. The number of nitrogens with zero attached hydrogens (tertiary/aromatic N) is 2. The predicted octanol–water partition coefficient (Wildman–Crippen LogP) is 3.12. The van der Waals surface area contributed by atoms with Crippen molar-refractivity contribution in [3.8, 4) is 0 Å². The Hall–Kier alpha value is -0.0400. The SMILES string of the molecule is CCNC(=NCCCCCOC)N1CCC(C)(C)C1.I. The number of aliphatic imine (C=N–C) groups is 1. The Balaban J connectivity index is 0.00000361. The average molecular weight is 397 g/mol. The number of hydrogen-bond donors (Lipinski definition) is 1. The van der Waals surface area contributed by atoms with Crippen LogP contribution >= 0.6 is 24.0 Å². The molecule has 20 heavy (non-hydrogen) atoms. The van der Waals surface area contributed by atoms with Crippen molar-refractivity contribution in [3.63, 3.8) is 0 Å². The van der Waals surface area contributed by atoms with Crippen molar-refractivity contribution in [2.45, 2.75) is 46.5 Å². The molecule has 5 heteroatoms. The molecule has 0 saturated carbocycles. The zero-order chi connectivity index (χ0) is 14.1. The van der Waals surface area contributed by atoms with Crippen molar-refractivity contribution >= 4 is 29.9 Å². The van der Waals surface area contributed by atoms with Gasteiger partial charge in [0.15, 0.2) is 5.96 Å². The highest BCUT2D eigenvalue weighted by Crippen LogP contribution is 2.28. The Morgan fingerprint density at radius 1 is 1.30 bits per heavy atom. The zero-order valence-electron chi connectivity index (χ0n) is 13.6. The number of guanidine groups is 1. The van der Waals surface area contributed by atoms with Gasteiger partial charge in [0.1, 0.15) is 0 Å². The van der Waals surface area contributed by atoms with Crippen LogP contribution in [-0.4, -0.2) is 50.8 Å². The maximum absolute atomic E-state index is 5.06. The number of halogens is 1. The lowest BCUT2D eigenvalue weighted by Gasteiger charge is -2.23. The molecule has 0 bridgehead atoms. The molecule has 1 aliphatic rings. The molecular formula is C15H32IN3O. The largest absolute Gasteiger partial charge is 0.385 e. The molecule has 0 radical (unpaired) electrons. The van der Waals surface area contributed by atoms with Gasteiger partial charge in [0, 0.05) is 39.9 Å². The van der Waals surface area contributed by atoms with Crippen LogP contribution in [0.1, 0.15) is 46.5 Å². The van der Waals surface area contributed by atoms with Crippen LogP contribution in [0.3, 0.4) is 0 Å². The molecule has 1 fully saturated rings. The molecule has 0 atom stereocenters. The van der Waals surface area contributed by atoms with E-state index >= 15 is 0 Å². The van der Waals surface area contributed by atoms with Gasteiger partial charge in [-0.1, -0.05) is 13.8 Å². The van der Waals surface area contributed by atoms with Crippen LogP contribution in [0.5, 0.6) is 0 Å². The third kappa shape index (κ3) is 7.67. The number of unbranched alkanes of at least 4 members (excludes halogenated alkanes) is 2. The maximum Gasteiger partial charge on any atom is 0.193 e. The van der Waals surface area contributed by atoms with Crippen molar-refractivity contribution < 1.29 is 4.74 Å². The van der Waals surface area contributed by atoms with Gasteiger partial charge in [0.05, 0.1) is 0 Å². The Morgan fingerprint density at radius 2 is 2.05 bits per heavy atom. The molecule has 0 aromatic carbocycles. The highest BCUT2D eigenvalue weighted by atomic mass is 127. The standard InChI is InChI=1S/C15H31N3O.HI/c1-5-16-14(17-10-7-6-8-12-19-4)18-11-9-15(2,3)13-18;/h5-13H2,1-4H3,(H,16,17);1H. The van der Waals surface area contributed by atoms with E-state index in [1.807, 2.05) is 0 Å². The summed E-state index contributed by atoms with van der Waals surface area (Å²) in [6.45, 7) is 11.8. The van der Waals surface area contributed by atoms with Gasteiger partial charge in [-0.3, -0.25) is 4.99 Å². The molecule has 0 spiro atoms. The van der Waals surface area contributed by atoms with Crippen molar-refractivity contribution in [3.05, 3.63) is 0 Å². The Kier molecular flexibility index (Phi) is 10.6. The Labute approximate surface area is 141 Å². The van der Waals surface area contributed by atoms with Crippen molar-refractivity contribution in [1.29, 1.82) is 0 Å². The van der Waals surface area contributed by atoms with Gasteiger partial charge >= 0.3 is 0 Å². The minimum Gasteiger partial charge on any atom is -0.385 e. The molecule has 1 aliphatic heterocycles. The summed E-state index contributed by atoms with van der Waals surface area (Å²) >= 11 is 0. The number of ether oxygens (including phenoxy) is 1. The first-order valence-corrected chi connectivity index (χ1v) is 7.61. The summed E-state index contributed by atoms with van der Waals surface area (Å²) in [5, 5.41) is 3.42. The fraction of sp³-hybridized carbons (Fsp3) is 0.933. The molecule has 0 unspecified atom stereocenters. The van der Waals surface area contributed by atoms with Crippen LogP contribution in [-0.2, 0) is 4.74 Å². The molecule has 4 nitrogen and oxygen atoms in total. The van der Waals surface area contributed by atoms with E-state index in [2.05, 4.69) is 31.0 Å². The van der Waals surface area contributed by atoms with Gasteiger partial charge in [-0.15, -0.1) is 24.0 Å². The second-order valence-corrected chi connectivity index (χ2v) is 6.12. The lowest BCUT2D eigenvalue weighted by Crippen LogP contribution is -2.40. The average Bonchev–Trinajstić information content (AvgIpc) is 2.72. The molecule has 0 amide bonds. The minimum absolute atomic E-state index is 0. The zero-order valence-corrected chi connectivity index (χ0v) is 15.9. The van der Waals surface area contributed by atoms with E-state index in [-0.39, 0.29) is 24.0 Å². The quantitative estimate of drug-likeness (QED) is 0.311. The van der Waals surface area contributed by atoms with Gasteiger partial charge in [0.25, 0.3) is 0 Å². The van der Waals surface area contributed by atoms with Gasteiger partial charge < -0.3 is 15.0 Å². The lowest BCUT2D eigenvalue weighted by molar-refractivity contribution is 0.192. The molecule has 0 aliphatic carbocycles. The maximum atomic E-state index is 5.06. The van der Waals surface area contributed by atoms with Crippen LogP contribution in [0.25, 0.3) is 0 Å². The van der Waals surface area contributed by atoms with Gasteiger partial charge in [-0.05, 0) is 38.0 Å². The van der Waals surface area contributed by atoms with Crippen molar-refractivity contribution in [2.75, 3.05) is 39.9 Å². The summed E-state index contributed by atoms with van der Waals surface area (Å²) in [7, 11) is 1.76. The first-order valence-electron chi connectivity index (χ1n) is 7.61. The normalized spacial score (nSPS) is 18.0. The first kappa shape index (κ1) is 20.0. The van der Waals surface area contributed by atoms with Crippen LogP contribution in [0.4, 0.5) is 0 Å². The van der Waals surface area contributed by atoms with E-state index in [1.54, 1.807) is 7.11 Å². The van der Waals surface area contributed by atoms with Crippen LogP contribution in [0, 0.1) is 5.41 Å². The third-order valence-corrected chi connectivity index (χ3v) is 3.58. The summed E-state index contributed by atoms with van der Waals surface area (Å²) in [5.74, 6) is 1.10. The van der Waals surface area contributed by atoms with Crippen LogP contribution in [0.2, 0.25) is 0 Å². The molecule has 1 rings (SSSR count). The molecule has 1 heterocycles. The third-order valence-electron chi connectivity index (χ3n) is 3.58. The number of nitrogens with one attached hydrogen (secondary N) is 1. The van der Waals surface area contributed by atoms with Crippen molar-refractivity contribution in [2.24, 2.45) is 10.4 Å². The van der Waals surface area contributed by atoms with Crippen LogP contribution < -0.4 is 5.32 Å². The van der Waals surface area contributed by atoms with E-state index in [0.29, 0.717) is 5.41 Å². The highest BCUT2D eigenvalue weighted by molar-refractivity contribution is 14.0. The first-order chi connectivity index (χ1) is 9.09. The Morgan fingerprint density at radius 3 is 2.60 bits per heavy atom. The fourth-order valence-electron chi connectivity index (χ4n) is 2.44. The smallest absolute Gasteiger partial charge is 0.193 e.